The van der Waals surface area contributed by atoms with Crippen LogP contribution in [-0.2, 0) is 14.8 Å². The van der Waals surface area contributed by atoms with Gasteiger partial charge in [0.2, 0.25) is 10.0 Å². The first-order valence-electron chi connectivity index (χ1n) is 5.71. The average molecular weight is 349 g/mol. The van der Waals surface area contributed by atoms with Crippen LogP contribution >= 0.6 is 15.9 Å². The standard InChI is InChI=1S/C12H16BrNO4S/c1-8(2)7-11(12(15)16)14-19(17,18)10-5-3-9(13)4-6-10/h3-6,8,11,14H,7H2,1-2H3,(H,15,16)/p-1/t11-/m1/s1. The van der Waals surface area contributed by atoms with E-state index < -0.39 is 22.0 Å². The van der Waals surface area contributed by atoms with Gasteiger partial charge in [-0.3, -0.25) is 0 Å². The first kappa shape index (κ1) is 16.1. The molecule has 7 heteroatoms. The van der Waals surface area contributed by atoms with E-state index in [-0.39, 0.29) is 17.2 Å². The van der Waals surface area contributed by atoms with Gasteiger partial charge < -0.3 is 9.90 Å². The van der Waals surface area contributed by atoms with Gasteiger partial charge >= 0.3 is 0 Å². The zero-order chi connectivity index (χ0) is 14.6. The second kappa shape index (κ2) is 6.49. The number of hydrogen-bond donors (Lipinski definition) is 1. The molecule has 0 bridgehead atoms. The summed E-state index contributed by atoms with van der Waals surface area (Å²) >= 11 is 3.20. The summed E-state index contributed by atoms with van der Waals surface area (Å²) in [5, 5.41) is 11.0. The average Bonchev–Trinajstić information content (AvgIpc) is 2.27. The van der Waals surface area contributed by atoms with Gasteiger partial charge in [-0.05, 0) is 36.6 Å². The maximum Gasteiger partial charge on any atom is 0.241 e. The summed E-state index contributed by atoms with van der Waals surface area (Å²) in [6, 6.07) is 4.71. The number of aliphatic carboxylic acids is 1. The Balaban J connectivity index is 2.94. The van der Waals surface area contributed by atoms with Crippen LogP contribution in [0.4, 0.5) is 0 Å². The molecule has 0 aliphatic heterocycles. The number of carbonyl (C=O) groups is 1. The first-order chi connectivity index (χ1) is 8.72. The van der Waals surface area contributed by atoms with Crippen molar-refractivity contribution in [1.82, 2.24) is 4.72 Å². The van der Waals surface area contributed by atoms with Crippen LogP contribution in [-0.4, -0.2) is 20.4 Å². The molecule has 1 aromatic carbocycles. The van der Waals surface area contributed by atoms with Crippen LogP contribution < -0.4 is 9.83 Å². The molecule has 0 amide bonds. The highest BCUT2D eigenvalue weighted by Crippen LogP contribution is 2.16. The third kappa shape index (κ3) is 4.93. The molecule has 0 heterocycles. The third-order valence-corrected chi connectivity index (χ3v) is 4.43. The largest absolute Gasteiger partial charge is 0.548 e. The predicted molar refractivity (Wildman–Crippen MR) is 72.7 cm³/mol. The van der Waals surface area contributed by atoms with Crippen molar-refractivity contribution < 1.29 is 18.3 Å². The minimum Gasteiger partial charge on any atom is -0.548 e. The van der Waals surface area contributed by atoms with E-state index in [0.717, 1.165) is 4.47 Å². The molecule has 1 N–H and O–H groups in total. The van der Waals surface area contributed by atoms with Crippen molar-refractivity contribution in [3.05, 3.63) is 28.7 Å². The monoisotopic (exact) mass is 348 g/mol. The summed E-state index contributed by atoms with van der Waals surface area (Å²) in [7, 11) is -3.86. The molecule has 106 valence electrons. The number of sulfonamides is 1. The van der Waals surface area contributed by atoms with Gasteiger partial charge in [0.05, 0.1) is 16.9 Å². The normalized spacial score (nSPS) is 13.5. The highest BCUT2D eigenvalue weighted by Gasteiger charge is 2.21. The fourth-order valence-corrected chi connectivity index (χ4v) is 2.99. The van der Waals surface area contributed by atoms with E-state index in [1.165, 1.54) is 12.1 Å². The van der Waals surface area contributed by atoms with Gasteiger partial charge in [-0.2, -0.15) is 0 Å². The molecule has 0 aliphatic rings. The zero-order valence-electron chi connectivity index (χ0n) is 10.6. The van der Waals surface area contributed by atoms with Crippen LogP contribution in [0.1, 0.15) is 20.3 Å². The Morgan fingerprint density at radius 2 is 1.84 bits per heavy atom. The molecule has 1 atom stereocenters. The molecule has 19 heavy (non-hydrogen) atoms. The molecule has 0 saturated carbocycles. The second-order valence-electron chi connectivity index (χ2n) is 4.58. The van der Waals surface area contributed by atoms with Gasteiger partial charge in [0, 0.05) is 4.47 Å². The topological polar surface area (TPSA) is 86.3 Å². The molecule has 0 unspecified atom stereocenters. The predicted octanol–water partition coefficient (Wildman–Crippen LogP) is 0.892. The molecule has 0 spiro atoms. The van der Waals surface area contributed by atoms with Crippen LogP contribution in [0.3, 0.4) is 0 Å². The van der Waals surface area contributed by atoms with E-state index in [0.29, 0.717) is 0 Å². The third-order valence-electron chi connectivity index (χ3n) is 2.41. The molecule has 0 aromatic heterocycles. The summed E-state index contributed by atoms with van der Waals surface area (Å²) in [5.41, 5.74) is 0. The fraction of sp³-hybridized carbons (Fsp3) is 0.417. The fourth-order valence-electron chi connectivity index (χ4n) is 1.53. The van der Waals surface area contributed by atoms with Crippen molar-refractivity contribution in [3.8, 4) is 0 Å². The van der Waals surface area contributed by atoms with Gasteiger partial charge in [-0.15, -0.1) is 0 Å². The molecule has 5 nitrogen and oxygen atoms in total. The van der Waals surface area contributed by atoms with Crippen LogP contribution in [0.5, 0.6) is 0 Å². The summed E-state index contributed by atoms with van der Waals surface area (Å²) in [6.07, 6.45) is 0.179. The Morgan fingerprint density at radius 3 is 2.26 bits per heavy atom. The van der Waals surface area contributed by atoms with Crippen molar-refractivity contribution in [1.29, 1.82) is 0 Å². The number of carboxylic acid groups (broad SMARTS) is 1. The Morgan fingerprint density at radius 1 is 1.32 bits per heavy atom. The number of nitrogens with one attached hydrogen (secondary N) is 1. The highest BCUT2D eigenvalue weighted by molar-refractivity contribution is 9.10. The van der Waals surface area contributed by atoms with Crippen LogP contribution in [0.25, 0.3) is 0 Å². The number of halogens is 1. The lowest BCUT2D eigenvalue weighted by Gasteiger charge is -2.21. The number of benzene rings is 1. The van der Waals surface area contributed by atoms with Crippen molar-refractivity contribution in [2.24, 2.45) is 5.92 Å². The Hall–Kier alpha value is -0.920. The van der Waals surface area contributed by atoms with E-state index in [1.807, 2.05) is 13.8 Å². The smallest absolute Gasteiger partial charge is 0.241 e. The number of carboxylic acids is 1. The van der Waals surface area contributed by atoms with Crippen LogP contribution in [0.15, 0.2) is 33.6 Å². The quantitative estimate of drug-likeness (QED) is 0.827. The van der Waals surface area contributed by atoms with E-state index in [1.54, 1.807) is 12.1 Å². The lowest BCUT2D eigenvalue weighted by atomic mass is 10.1. The summed E-state index contributed by atoms with van der Waals surface area (Å²) in [6.45, 7) is 3.62. The van der Waals surface area contributed by atoms with E-state index in [4.69, 9.17) is 0 Å². The van der Waals surface area contributed by atoms with Gasteiger partial charge in [0.25, 0.3) is 0 Å². The van der Waals surface area contributed by atoms with Crippen LogP contribution in [0.2, 0.25) is 0 Å². The molecule has 0 fully saturated rings. The number of hydrogen-bond acceptors (Lipinski definition) is 4. The van der Waals surface area contributed by atoms with Crippen molar-refractivity contribution in [3.63, 3.8) is 0 Å². The lowest BCUT2D eigenvalue weighted by molar-refractivity contribution is -0.308. The molecule has 1 aromatic rings. The van der Waals surface area contributed by atoms with Gasteiger partial charge in [0.1, 0.15) is 0 Å². The minimum absolute atomic E-state index is 0.0192. The van der Waals surface area contributed by atoms with E-state index in [9.17, 15) is 18.3 Å². The maximum atomic E-state index is 12.0. The van der Waals surface area contributed by atoms with Crippen LogP contribution in [0, 0.1) is 5.92 Å². The molecule has 0 aliphatic carbocycles. The first-order valence-corrected chi connectivity index (χ1v) is 7.98. The van der Waals surface area contributed by atoms with Gasteiger partial charge in [-0.25, -0.2) is 13.1 Å². The maximum absolute atomic E-state index is 12.0. The summed E-state index contributed by atoms with van der Waals surface area (Å²) < 4.78 is 26.9. The molecular formula is C12H15BrNO4S-. The van der Waals surface area contributed by atoms with Crippen molar-refractivity contribution in [2.45, 2.75) is 31.2 Å². The molecule has 1 rings (SSSR count). The van der Waals surface area contributed by atoms with Crippen molar-refractivity contribution >= 4 is 31.9 Å². The molecule has 0 saturated heterocycles. The Labute approximate surface area is 121 Å². The summed E-state index contributed by atoms with van der Waals surface area (Å²) in [5.74, 6) is -1.38. The van der Waals surface area contributed by atoms with Gasteiger partial charge in [-0.1, -0.05) is 29.8 Å². The Bertz CT molecular complexity index is 539. The van der Waals surface area contributed by atoms with E-state index in [2.05, 4.69) is 20.7 Å². The van der Waals surface area contributed by atoms with E-state index >= 15 is 0 Å². The SMILES string of the molecule is CC(C)C[C@@H](NS(=O)(=O)c1ccc(Br)cc1)C(=O)[O-]. The Kier molecular flexibility index (Phi) is 5.51. The summed E-state index contributed by atoms with van der Waals surface area (Å²) in [4.78, 5) is 11.0. The zero-order valence-corrected chi connectivity index (χ0v) is 13.0. The lowest BCUT2D eigenvalue weighted by Crippen LogP contribution is -2.48. The number of rotatable bonds is 6. The van der Waals surface area contributed by atoms with Gasteiger partial charge in [0.15, 0.2) is 0 Å². The molecular weight excluding hydrogens is 334 g/mol. The minimum atomic E-state index is -3.86. The van der Waals surface area contributed by atoms with Crippen molar-refractivity contribution in [2.75, 3.05) is 0 Å². The second-order valence-corrected chi connectivity index (χ2v) is 7.21. The molecule has 0 radical (unpaired) electrons. The highest BCUT2D eigenvalue weighted by atomic mass is 79.9. The number of carbonyl (C=O) groups excluding carboxylic acids is 1.